The normalized spacial score (nSPS) is 11.6. The fourth-order valence-electron chi connectivity index (χ4n) is 3.82. The Morgan fingerprint density at radius 2 is 1.68 bits per heavy atom. The van der Waals surface area contributed by atoms with Crippen LogP contribution in [0.2, 0.25) is 0 Å². The van der Waals surface area contributed by atoms with E-state index in [9.17, 15) is 13.2 Å². The first kappa shape index (κ1) is 24.1. The molecule has 0 spiro atoms. The number of fused-ring (bicyclic) bond motifs is 1. The number of benzene rings is 1. The van der Waals surface area contributed by atoms with Gasteiger partial charge in [0.25, 0.3) is 15.9 Å². The quantitative estimate of drug-likeness (QED) is 0.349. The Kier molecular flexibility index (Phi) is 5.91. The summed E-state index contributed by atoms with van der Waals surface area (Å²) in [6, 6.07) is 10.9. The molecule has 0 saturated heterocycles. The number of anilines is 2. The molecule has 0 aliphatic carbocycles. The molecule has 0 radical (unpaired) electrons. The molecule has 0 atom stereocenters. The van der Waals surface area contributed by atoms with Crippen molar-refractivity contribution in [3.63, 3.8) is 0 Å². The Morgan fingerprint density at radius 3 is 2.32 bits per heavy atom. The highest BCUT2D eigenvalue weighted by molar-refractivity contribution is 7.92. The Morgan fingerprint density at radius 1 is 0.973 bits per heavy atom. The molecule has 0 saturated carbocycles. The Bertz CT molecular complexity index is 1740. The average Bonchev–Trinajstić information content (AvgIpc) is 3.42. The van der Waals surface area contributed by atoms with Crippen LogP contribution in [0.15, 0.2) is 59.8 Å². The van der Waals surface area contributed by atoms with E-state index in [0.29, 0.717) is 22.7 Å². The fourth-order valence-corrected chi connectivity index (χ4v) is 4.77. The van der Waals surface area contributed by atoms with Crippen molar-refractivity contribution in [2.24, 2.45) is 7.05 Å². The molecule has 2 N–H and O–H groups in total. The van der Waals surface area contributed by atoms with Crippen LogP contribution >= 0.6 is 0 Å². The van der Waals surface area contributed by atoms with Crippen molar-refractivity contribution in [1.29, 1.82) is 0 Å². The summed E-state index contributed by atoms with van der Waals surface area (Å²) >= 11 is 0. The van der Waals surface area contributed by atoms with Crippen molar-refractivity contribution in [1.82, 2.24) is 34.3 Å². The third kappa shape index (κ3) is 4.76. The van der Waals surface area contributed by atoms with Gasteiger partial charge >= 0.3 is 0 Å². The Balaban J connectivity index is 1.35. The van der Waals surface area contributed by atoms with E-state index in [-0.39, 0.29) is 16.5 Å². The van der Waals surface area contributed by atoms with E-state index in [1.807, 2.05) is 20.0 Å². The number of nitrogens with zero attached hydrogens (tertiary/aromatic N) is 7. The van der Waals surface area contributed by atoms with Crippen LogP contribution in [0.1, 0.15) is 27.6 Å². The van der Waals surface area contributed by atoms with Crippen LogP contribution in [-0.2, 0) is 17.1 Å². The maximum Gasteiger partial charge on any atom is 0.276 e. The highest BCUT2D eigenvalue weighted by Crippen LogP contribution is 2.23. The summed E-state index contributed by atoms with van der Waals surface area (Å²) in [7, 11) is -2.06. The van der Waals surface area contributed by atoms with Gasteiger partial charge < -0.3 is 5.32 Å². The molecule has 13 heteroatoms. The van der Waals surface area contributed by atoms with Gasteiger partial charge in [0.1, 0.15) is 0 Å². The zero-order chi connectivity index (χ0) is 26.3. The monoisotopic (exact) mass is 517 g/mol. The van der Waals surface area contributed by atoms with Gasteiger partial charge in [-0.25, -0.2) is 32.6 Å². The number of carbonyl (C=O) groups excluding carboxylic acids is 1. The molecule has 1 aromatic carbocycles. The lowest BCUT2D eigenvalue weighted by molar-refractivity contribution is 0.102. The van der Waals surface area contributed by atoms with Crippen LogP contribution < -0.4 is 10.0 Å². The Labute approximate surface area is 212 Å². The predicted molar refractivity (Wildman–Crippen MR) is 137 cm³/mol. The zero-order valence-corrected chi connectivity index (χ0v) is 21.3. The third-order valence-corrected chi connectivity index (χ3v) is 7.08. The van der Waals surface area contributed by atoms with E-state index in [0.717, 1.165) is 17.0 Å². The molecule has 0 aliphatic rings. The highest BCUT2D eigenvalue weighted by atomic mass is 32.2. The van der Waals surface area contributed by atoms with E-state index >= 15 is 0 Å². The molecule has 4 heterocycles. The van der Waals surface area contributed by atoms with Crippen LogP contribution in [0, 0.1) is 20.8 Å². The van der Waals surface area contributed by atoms with Crippen molar-refractivity contribution in [2.45, 2.75) is 25.7 Å². The molecule has 5 rings (SSSR count). The van der Waals surface area contributed by atoms with E-state index in [1.165, 1.54) is 24.3 Å². The van der Waals surface area contributed by atoms with Gasteiger partial charge in [-0.3, -0.25) is 9.48 Å². The lowest BCUT2D eigenvalue weighted by Crippen LogP contribution is -2.16. The third-order valence-electron chi connectivity index (χ3n) is 5.73. The second kappa shape index (κ2) is 9.09. The average molecular weight is 518 g/mol. The minimum absolute atomic E-state index is 0.00155. The van der Waals surface area contributed by atoms with Crippen molar-refractivity contribution in [3.05, 3.63) is 77.6 Å². The maximum absolute atomic E-state index is 12.9. The SMILES string of the molecule is Cc1cc(C)nc(NS(=O)(=O)c2ccc(NC(=O)c3cc4nccc(-c5cnn(C)c5C)n4n3)cc2)n1. The number of sulfonamides is 1. The first-order valence-corrected chi connectivity index (χ1v) is 12.7. The summed E-state index contributed by atoms with van der Waals surface area (Å²) < 4.78 is 31.2. The standard InChI is InChI=1S/C24H23N9O3S/c1-14-11-15(2)28-24(27-14)31-37(35,36)18-7-5-17(6-8-18)29-23(34)20-12-22-25-10-9-21(33(22)30-20)19-13-26-32(4)16(19)3/h5-13H,1-4H3,(H,29,34)(H,27,28,31). The van der Waals surface area contributed by atoms with Crippen LogP contribution in [-0.4, -0.2) is 48.7 Å². The lowest BCUT2D eigenvalue weighted by atomic mass is 10.2. The van der Waals surface area contributed by atoms with Crippen molar-refractivity contribution in [3.8, 4) is 11.3 Å². The minimum Gasteiger partial charge on any atom is -0.321 e. The number of nitrogens with one attached hydrogen (secondary N) is 2. The molecule has 37 heavy (non-hydrogen) atoms. The van der Waals surface area contributed by atoms with Crippen LogP contribution in [0.4, 0.5) is 11.6 Å². The summed E-state index contributed by atoms with van der Waals surface area (Å²) in [5, 5.41) is 11.5. The molecular weight excluding hydrogens is 494 g/mol. The number of aryl methyl sites for hydroxylation is 3. The summed E-state index contributed by atoms with van der Waals surface area (Å²) in [4.78, 5) is 25.4. The van der Waals surface area contributed by atoms with E-state index in [4.69, 9.17) is 0 Å². The van der Waals surface area contributed by atoms with Gasteiger partial charge in [-0.15, -0.1) is 0 Å². The lowest BCUT2D eigenvalue weighted by Gasteiger charge is -2.09. The maximum atomic E-state index is 12.9. The highest BCUT2D eigenvalue weighted by Gasteiger charge is 2.19. The van der Waals surface area contributed by atoms with Gasteiger partial charge in [-0.1, -0.05) is 0 Å². The van der Waals surface area contributed by atoms with Gasteiger partial charge in [-0.2, -0.15) is 10.2 Å². The molecule has 4 aromatic heterocycles. The van der Waals surface area contributed by atoms with Crippen LogP contribution in [0.25, 0.3) is 16.9 Å². The van der Waals surface area contributed by atoms with Gasteiger partial charge in [0.05, 0.1) is 16.8 Å². The number of amides is 1. The summed E-state index contributed by atoms with van der Waals surface area (Å²) in [5.74, 6) is -0.465. The summed E-state index contributed by atoms with van der Waals surface area (Å²) in [5.41, 5.74) is 4.94. The van der Waals surface area contributed by atoms with Crippen molar-refractivity contribution < 1.29 is 13.2 Å². The number of hydrogen-bond donors (Lipinski definition) is 2. The molecule has 0 bridgehead atoms. The number of hydrogen-bond acceptors (Lipinski definition) is 8. The summed E-state index contributed by atoms with van der Waals surface area (Å²) in [6.07, 6.45) is 3.39. The van der Waals surface area contributed by atoms with E-state index in [2.05, 4.69) is 35.2 Å². The van der Waals surface area contributed by atoms with Crippen LogP contribution in [0.3, 0.4) is 0 Å². The molecule has 12 nitrogen and oxygen atoms in total. The Hall–Kier alpha value is -4.65. The first-order valence-electron chi connectivity index (χ1n) is 11.2. The smallest absolute Gasteiger partial charge is 0.276 e. The molecule has 0 fully saturated rings. The van der Waals surface area contributed by atoms with Gasteiger partial charge in [-0.05, 0) is 57.2 Å². The molecule has 0 unspecified atom stereocenters. The molecular formula is C24H23N9O3S. The van der Waals surface area contributed by atoms with Crippen molar-refractivity contribution in [2.75, 3.05) is 10.0 Å². The molecule has 188 valence electrons. The van der Waals surface area contributed by atoms with Gasteiger partial charge in [0.15, 0.2) is 11.3 Å². The van der Waals surface area contributed by atoms with E-state index < -0.39 is 15.9 Å². The van der Waals surface area contributed by atoms with Gasteiger partial charge in [0.2, 0.25) is 5.95 Å². The van der Waals surface area contributed by atoms with Gasteiger partial charge in [0, 0.05) is 47.6 Å². The number of carbonyl (C=O) groups is 1. The molecule has 5 aromatic rings. The fraction of sp³-hybridized carbons (Fsp3) is 0.167. The minimum atomic E-state index is -3.91. The van der Waals surface area contributed by atoms with Crippen LogP contribution in [0.5, 0.6) is 0 Å². The molecule has 1 amide bonds. The second-order valence-corrected chi connectivity index (χ2v) is 10.1. The largest absolute Gasteiger partial charge is 0.321 e. The number of rotatable bonds is 6. The topological polar surface area (TPSA) is 149 Å². The molecule has 0 aliphatic heterocycles. The predicted octanol–water partition coefficient (Wildman–Crippen LogP) is 2.90. The zero-order valence-electron chi connectivity index (χ0n) is 20.5. The summed E-state index contributed by atoms with van der Waals surface area (Å²) in [6.45, 7) is 5.45. The van der Waals surface area contributed by atoms with E-state index in [1.54, 1.807) is 47.6 Å². The first-order chi connectivity index (χ1) is 17.6. The van der Waals surface area contributed by atoms with Crippen molar-refractivity contribution >= 4 is 33.2 Å². The number of aromatic nitrogens is 7. The second-order valence-electron chi connectivity index (χ2n) is 8.46.